The summed E-state index contributed by atoms with van der Waals surface area (Å²) < 4.78 is 18.8. The zero-order valence-corrected chi connectivity index (χ0v) is 16.8. The van der Waals surface area contributed by atoms with Crippen LogP contribution in [0.25, 0.3) is 11.3 Å². The number of aromatic nitrogens is 2. The van der Waals surface area contributed by atoms with Crippen molar-refractivity contribution in [1.82, 2.24) is 14.9 Å². The monoisotopic (exact) mass is 432 g/mol. The number of ether oxygens (including phenoxy) is 1. The summed E-state index contributed by atoms with van der Waals surface area (Å²) in [6, 6.07) is 9.28. The minimum Gasteiger partial charge on any atom is -0.495 e. The summed E-state index contributed by atoms with van der Waals surface area (Å²) in [5.74, 6) is -0.310. The lowest BCUT2D eigenvalue weighted by Gasteiger charge is -2.15. The van der Waals surface area contributed by atoms with Crippen LogP contribution in [0.4, 0.5) is 10.3 Å². The lowest BCUT2D eigenvalue weighted by Crippen LogP contribution is -2.23. The Labute approximate surface area is 176 Å². The van der Waals surface area contributed by atoms with Crippen LogP contribution in [-0.4, -0.2) is 27.9 Å². The first kappa shape index (κ1) is 19.4. The molecule has 0 unspecified atom stereocenters. The summed E-state index contributed by atoms with van der Waals surface area (Å²) in [5.41, 5.74) is 8.28. The van der Waals surface area contributed by atoms with E-state index in [1.807, 2.05) is 0 Å². The molecule has 0 atom stereocenters. The molecule has 148 valence electrons. The van der Waals surface area contributed by atoms with Crippen LogP contribution in [0.3, 0.4) is 0 Å². The van der Waals surface area contributed by atoms with Gasteiger partial charge in [-0.05, 0) is 29.8 Å². The molecule has 1 aliphatic rings. The quantitative estimate of drug-likeness (QED) is 0.662. The van der Waals surface area contributed by atoms with Crippen LogP contribution >= 0.6 is 23.2 Å². The van der Waals surface area contributed by atoms with Crippen molar-refractivity contribution in [2.45, 2.75) is 13.1 Å². The molecule has 29 heavy (non-hydrogen) atoms. The highest BCUT2D eigenvalue weighted by atomic mass is 35.5. The third-order valence-electron chi connectivity index (χ3n) is 4.62. The van der Waals surface area contributed by atoms with E-state index >= 15 is 0 Å². The first-order valence-electron chi connectivity index (χ1n) is 8.61. The first-order valence-corrected chi connectivity index (χ1v) is 9.36. The number of hydrogen-bond donors (Lipinski definition) is 1. The number of halogens is 3. The van der Waals surface area contributed by atoms with Crippen LogP contribution < -0.4 is 10.5 Å². The standard InChI is InChI=1S/C20H15Cl2FN4O2/c1-29-16-6-12(14(21)7-15(16)22)17-13-9-27(8-10-3-2-4-11(23)5-10)19(28)18(13)26-20(24)25-17/h2-7H,8-9H2,1H3,(H2,24,25,26). The summed E-state index contributed by atoms with van der Waals surface area (Å²) in [5, 5.41) is 0.691. The summed E-state index contributed by atoms with van der Waals surface area (Å²) >= 11 is 12.5. The molecule has 0 saturated carbocycles. The number of benzene rings is 2. The van der Waals surface area contributed by atoms with Gasteiger partial charge in [-0.1, -0.05) is 35.3 Å². The molecule has 4 rings (SSSR count). The largest absolute Gasteiger partial charge is 0.495 e. The van der Waals surface area contributed by atoms with E-state index in [2.05, 4.69) is 9.97 Å². The Hall–Kier alpha value is -2.90. The van der Waals surface area contributed by atoms with Crippen LogP contribution in [0.1, 0.15) is 21.6 Å². The number of anilines is 1. The number of nitrogens with two attached hydrogens (primary N) is 1. The Bertz CT molecular complexity index is 1140. The highest BCUT2D eigenvalue weighted by molar-refractivity contribution is 6.37. The minimum absolute atomic E-state index is 0.0512. The van der Waals surface area contributed by atoms with Crippen molar-refractivity contribution in [3.8, 4) is 17.0 Å². The molecular weight excluding hydrogens is 418 g/mol. The maximum Gasteiger partial charge on any atom is 0.273 e. The molecule has 0 fully saturated rings. The van der Waals surface area contributed by atoms with Gasteiger partial charge in [0.25, 0.3) is 5.91 Å². The van der Waals surface area contributed by atoms with Crippen LogP contribution in [0, 0.1) is 5.82 Å². The van der Waals surface area contributed by atoms with Gasteiger partial charge in [0.05, 0.1) is 29.4 Å². The van der Waals surface area contributed by atoms with Gasteiger partial charge in [-0.3, -0.25) is 4.79 Å². The second kappa shape index (κ2) is 7.50. The molecular formula is C20H15Cl2FN4O2. The number of hydrogen-bond acceptors (Lipinski definition) is 5. The summed E-state index contributed by atoms with van der Waals surface area (Å²) in [6.45, 7) is 0.464. The van der Waals surface area contributed by atoms with Crippen molar-refractivity contribution in [3.63, 3.8) is 0 Å². The molecule has 3 aromatic rings. The van der Waals surface area contributed by atoms with Crippen LogP contribution in [0.2, 0.25) is 10.0 Å². The van der Waals surface area contributed by atoms with Crippen LogP contribution in [0.15, 0.2) is 36.4 Å². The fourth-order valence-corrected chi connectivity index (χ4v) is 3.86. The van der Waals surface area contributed by atoms with E-state index in [0.717, 1.165) is 0 Å². The lowest BCUT2D eigenvalue weighted by molar-refractivity contribution is 0.0762. The smallest absolute Gasteiger partial charge is 0.273 e. The zero-order chi connectivity index (χ0) is 20.7. The normalized spacial score (nSPS) is 13.0. The molecule has 2 heterocycles. The van der Waals surface area contributed by atoms with E-state index in [1.54, 1.807) is 29.2 Å². The number of fused-ring (bicyclic) bond motifs is 1. The van der Waals surface area contributed by atoms with E-state index in [9.17, 15) is 9.18 Å². The molecule has 0 spiro atoms. The number of methoxy groups -OCH3 is 1. The van der Waals surface area contributed by atoms with Crippen LogP contribution in [-0.2, 0) is 13.1 Å². The van der Waals surface area contributed by atoms with Gasteiger partial charge < -0.3 is 15.4 Å². The second-order valence-corrected chi connectivity index (χ2v) is 7.33. The molecule has 2 N–H and O–H groups in total. The van der Waals surface area contributed by atoms with Gasteiger partial charge in [-0.2, -0.15) is 0 Å². The average molecular weight is 433 g/mol. The Morgan fingerprint density at radius 1 is 1.17 bits per heavy atom. The third kappa shape index (κ3) is 3.59. The predicted molar refractivity (Wildman–Crippen MR) is 108 cm³/mol. The van der Waals surface area contributed by atoms with Gasteiger partial charge in [-0.15, -0.1) is 0 Å². The molecule has 0 radical (unpaired) electrons. The Morgan fingerprint density at radius 3 is 2.66 bits per heavy atom. The Kier molecular flexibility index (Phi) is 5.02. The van der Waals surface area contributed by atoms with Crippen molar-refractivity contribution < 1.29 is 13.9 Å². The number of amides is 1. The highest BCUT2D eigenvalue weighted by Gasteiger charge is 2.33. The Morgan fingerprint density at radius 2 is 1.93 bits per heavy atom. The third-order valence-corrected chi connectivity index (χ3v) is 5.23. The molecule has 1 aromatic heterocycles. The molecule has 2 aromatic carbocycles. The summed E-state index contributed by atoms with van der Waals surface area (Å²) in [7, 11) is 1.49. The van der Waals surface area contributed by atoms with Crippen molar-refractivity contribution in [2.24, 2.45) is 0 Å². The molecule has 0 bridgehead atoms. The molecule has 1 amide bonds. The molecule has 0 aliphatic carbocycles. The van der Waals surface area contributed by atoms with Crippen molar-refractivity contribution in [3.05, 3.63) is 69.1 Å². The first-order chi connectivity index (χ1) is 13.9. The summed E-state index contributed by atoms with van der Waals surface area (Å²) in [6.07, 6.45) is 0. The van der Waals surface area contributed by atoms with Crippen LogP contribution in [0.5, 0.6) is 5.75 Å². The van der Waals surface area contributed by atoms with E-state index in [4.69, 9.17) is 33.7 Å². The van der Waals surface area contributed by atoms with Gasteiger partial charge in [-0.25, -0.2) is 14.4 Å². The second-order valence-electron chi connectivity index (χ2n) is 6.52. The van der Waals surface area contributed by atoms with Gasteiger partial charge in [0.15, 0.2) is 0 Å². The summed E-state index contributed by atoms with van der Waals surface area (Å²) in [4.78, 5) is 22.9. The van der Waals surface area contributed by atoms with Crippen molar-refractivity contribution >= 4 is 35.1 Å². The van der Waals surface area contributed by atoms with Gasteiger partial charge in [0.2, 0.25) is 5.95 Å². The number of rotatable bonds is 4. The highest BCUT2D eigenvalue weighted by Crippen LogP contribution is 2.39. The topological polar surface area (TPSA) is 81.3 Å². The van der Waals surface area contributed by atoms with Gasteiger partial charge >= 0.3 is 0 Å². The van der Waals surface area contributed by atoms with E-state index in [1.165, 1.54) is 19.2 Å². The van der Waals surface area contributed by atoms with E-state index in [-0.39, 0.29) is 36.5 Å². The predicted octanol–water partition coefficient (Wildman–Crippen LogP) is 4.34. The van der Waals surface area contributed by atoms with Gasteiger partial charge in [0, 0.05) is 17.7 Å². The maximum absolute atomic E-state index is 13.5. The molecule has 0 saturated heterocycles. The number of nitrogens with zero attached hydrogens (tertiary/aromatic N) is 3. The fraction of sp³-hybridized carbons (Fsp3) is 0.150. The number of nitrogen functional groups attached to an aromatic ring is 1. The van der Waals surface area contributed by atoms with Gasteiger partial charge in [0.1, 0.15) is 17.3 Å². The molecule has 9 heteroatoms. The van der Waals surface area contributed by atoms with Crippen molar-refractivity contribution in [2.75, 3.05) is 12.8 Å². The van der Waals surface area contributed by atoms with E-state index in [0.29, 0.717) is 38.2 Å². The average Bonchev–Trinajstić information content (AvgIpc) is 2.97. The maximum atomic E-state index is 13.5. The lowest BCUT2D eigenvalue weighted by atomic mass is 10.1. The molecule has 1 aliphatic heterocycles. The SMILES string of the molecule is COc1cc(-c2nc(N)nc3c2CN(Cc2cccc(F)c2)C3=O)c(Cl)cc1Cl. The Balaban J connectivity index is 1.77. The number of carbonyl (C=O) groups excluding carboxylic acids is 1. The number of carbonyl (C=O) groups is 1. The van der Waals surface area contributed by atoms with Crippen molar-refractivity contribution in [1.29, 1.82) is 0 Å². The minimum atomic E-state index is -0.364. The molecule has 6 nitrogen and oxygen atoms in total. The zero-order valence-electron chi connectivity index (χ0n) is 15.2. The van der Waals surface area contributed by atoms with E-state index < -0.39 is 0 Å². The fourth-order valence-electron chi connectivity index (χ4n) is 3.31.